The van der Waals surface area contributed by atoms with Gasteiger partial charge in [-0.2, -0.15) is 5.10 Å². The molecule has 1 aromatic carbocycles. The molecule has 0 fully saturated rings. The van der Waals surface area contributed by atoms with Gasteiger partial charge in [0, 0.05) is 17.3 Å². The van der Waals surface area contributed by atoms with Crippen LogP contribution in [0.15, 0.2) is 24.4 Å². The van der Waals surface area contributed by atoms with Gasteiger partial charge in [0.15, 0.2) is 0 Å². The molecule has 1 aromatic heterocycles. The van der Waals surface area contributed by atoms with Crippen LogP contribution in [-0.2, 0) is 11.3 Å². The van der Waals surface area contributed by atoms with Crippen LogP contribution < -0.4 is 5.32 Å². The quantitative estimate of drug-likeness (QED) is 0.921. The molecule has 0 bridgehead atoms. The second kappa shape index (κ2) is 5.03. The van der Waals surface area contributed by atoms with Crippen molar-refractivity contribution in [1.82, 2.24) is 15.1 Å². The van der Waals surface area contributed by atoms with Crippen LogP contribution in [0.4, 0.5) is 0 Å². The molecule has 0 aliphatic carbocycles. The fourth-order valence-electron chi connectivity index (χ4n) is 2.19. The third kappa shape index (κ3) is 3.34. The Kier molecular flexibility index (Phi) is 3.60. The molecule has 4 nitrogen and oxygen atoms in total. The maximum Gasteiger partial charge on any atom is 0.222 e. The molecule has 0 saturated heterocycles. The lowest BCUT2D eigenvalue weighted by molar-refractivity contribution is -0.122. The summed E-state index contributed by atoms with van der Waals surface area (Å²) in [6, 6.07) is 6.13. The van der Waals surface area contributed by atoms with Crippen molar-refractivity contribution >= 4 is 16.8 Å². The number of carbonyl (C=O) groups excluding carboxylic acids is 1. The highest BCUT2D eigenvalue weighted by molar-refractivity contribution is 5.82. The molecule has 2 aromatic rings. The van der Waals surface area contributed by atoms with Crippen molar-refractivity contribution in [1.29, 1.82) is 0 Å². The minimum Gasteiger partial charge on any atom is -0.351 e. The molecule has 4 heteroatoms. The molecule has 1 amide bonds. The van der Waals surface area contributed by atoms with Gasteiger partial charge in [0.05, 0.1) is 18.3 Å². The minimum atomic E-state index is -0.181. The van der Waals surface area contributed by atoms with Gasteiger partial charge in [0.1, 0.15) is 0 Å². The van der Waals surface area contributed by atoms with Crippen LogP contribution in [0, 0.1) is 6.92 Å². The Morgan fingerprint density at radius 3 is 2.79 bits per heavy atom. The van der Waals surface area contributed by atoms with Crippen LogP contribution in [0.3, 0.4) is 0 Å². The topological polar surface area (TPSA) is 46.9 Å². The summed E-state index contributed by atoms with van der Waals surface area (Å²) >= 11 is 0. The molecule has 2 rings (SSSR count). The Labute approximate surface area is 113 Å². The fraction of sp³-hybridized carbons (Fsp3) is 0.467. The van der Waals surface area contributed by atoms with E-state index in [-0.39, 0.29) is 11.4 Å². The normalized spacial score (nSPS) is 11.8. The number of hydrogen-bond donors (Lipinski definition) is 1. The average molecular weight is 259 g/mol. The highest BCUT2D eigenvalue weighted by atomic mass is 16.1. The molecule has 0 radical (unpaired) electrons. The Bertz CT molecular complexity index is 593. The van der Waals surface area contributed by atoms with Crippen LogP contribution in [0.5, 0.6) is 0 Å². The standard InChI is InChI=1S/C15H21N3O/c1-11-6-5-7-12-10-16-18(14(11)12)9-8-13(19)17-15(2,3)4/h5-7,10H,8-9H2,1-4H3,(H,17,19). The lowest BCUT2D eigenvalue weighted by Crippen LogP contribution is -2.40. The number of fused-ring (bicyclic) bond motifs is 1. The summed E-state index contributed by atoms with van der Waals surface area (Å²) in [4.78, 5) is 11.8. The number of nitrogens with one attached hydrogen (secondary N) is 1. The van der Waals surface area contributed by atoms with E-state index in [4.69, 9.17) is 0 Å². The Hall–Kier alpha value is -1.84. The summed E-state index contributed by atoms with van der Waals surface area (Å²) in [7, 11) is 0. The van der Waals surface area contributed by atoms with Gasteiger partial charge in [-0.1, -0.05) is 18.2 Å². The van der Waals surface area contributed by atoms with E-state index < -0.39 is 0 Å². The molecule has 102 valence electrons. The predicted octanol–water partition coefficient (Wildman–Crippen LogP) is 2.65. The van der Waals surface area contributed by atoms with Gasteiger partial charge in [0.25, 0.3) is 0 Å². The van der Waals surface area contributed by atoms with Crippen molar-refractivity contribution in [3.63, 3.8) is 0 Å². The zero-order valence-corrected chi connectivity index (χ0v) is 12.0. The smallest absolute Gasteiger partial charge is 0.222 e. The van der Waals surface area contributed by atoms with Crippen molar-refractivity contribution in [2.45, 2.75) is 46.2 Å². The third-order valence-corrected chi connectivity index (χ3v) is 2.93. The molecule has 0 atom stereocenters. The largest absolute Gasteiger partial charge is 0.351 e. The molecule has 0 spiro atoms. The number of amides is 1. The Balaban J connectivity index is 2.08. The van der Waals surface area contributed by atoms with E-state index in [9.17, 15) is 4.79 Å². The molecular formula is C15H21N3O. The highest BCUT2D eigenvalue weighted by Crippen LogP contribution is 2.17. The van der Waals surface area contributed by atoms with Crippen molar-refractivity contribution in [3.05, 3.63) is 30.0 Å². The molecule has 1 N–H and O–H groups in total. The Morgan fingerprint density at radius 2 is 2.11 bits per heavy atom. The SMILES string of the molecule is Cc1cccc2cnn(CCC(=O)NC(C)(C)C)c12. The lowest BCUT2D eigenvalue weighted by atomic mass is 10.1. The van der Waals surface area contributed by atoms with E-state index in [2.05, 4.69) is 23.4 Å². The van der Waals surface area contributed by atoms with Crippen LogP contribution >= 0.6 is 0 Å². The van der Waals surface area contributed by atoms with Crippen molar-refractivity contribution in [2.24, 2.45) is 0 Å². The number of nitrogens with zero attached hydrogens (tertiary/aromatic N) is 2. The monoisotopic (exact) mass is 259 g/mol. The van der Waals surface area contributed by atoms with Crippen molar-refractivity contribution < 1.29 is 4.79 Å². The first-order chi connectivity index (χ1) is 8.87. The van der Waals surface area contributed by atoms with E-state index in [0.717, 1.165) is 10.9 Å². The summed E-state index contributed by atoms with van der Waals surface area (Å²) in [5.41, 5.74) is 2.12. The van der Waals surface area contributed by atoms with Crippen molar-refractivity contribution in [2.75, 3.05) is 0 Å². The zero-order chi connectivity index (χ0) is 14.0. The molecule has 0 aliphatic rings. The van der Waals surface area contributed by atoms with E-state index >= 15 is 0 Å². The van der Waals surface area contributed by atoms with E-state index in [1.54, 1.807) is 0 Å². The predicted molar refractivity (Wildman–Crippen MR) is 77.0 cm³/mol. The zero-order valence-electron chi connectivity index (χ0n) is 12.0. The second-order valence-corrected chi connectivity index (χ2v) is 5.93. The molecular weight excluding hydrogens is 238 g/mol. The number of para-hydroxylation sites is 1. The van der Waals surface area contributed by atoms with Gasteiger partial charge in [0.2, 0.25) is 5.91 Å². The first-order valence-electron chi connectivity index (χ1n) is 6.59. The van der Waals surface area contributed by atoms with Gasteiger partial charge in [-0.3, -0.25) is 9.48 Å². The fourth-order valence-corrected chi connectivity index (χ4v) is 2.19. The second-order valence-electron chi connectivity index (χ2n) is 5.93. The van der Waals surface area contributed by atoms with E-state index in [1.807, 2.05) is 43.8 Å². The summed E-state index contributed by atoms with van der Waals surface area (Å²) in [6.07, 6.45) is 2.30. The molecule has 19 heavy (non-hydrogen) atoms. The van der Waals surface area contributed by atoms with Gasteiger partial charge in [-0.15, -0.1) is 0 Å². The summed E-state index contributed by atoms with van der Waals surface area (Å²) < 4.78 is 1.91. The summed E-state index contributed by atoms with van der Waals surface area (Å²) in [5, 5.41) is 8.45. The number of benzene rings is 1. The number of hydrogen-bond acceptors (Lipinski definition) is 2. The molecule has 0 saturated carbocycles. The number of aryl methyl sites for hydroxylation is 2. The van der Waals surface area contributed by atoms with Crippen LogP contribution in [0.2, 0.25) is 0 Å². The average Bonchev–Trinajstić information content (AvgIpc) is 2.69. The summed E-state index contributed by atoms with van der Waals surface area (Å²) in [5.74, 6) is 0.0599. The first-order valence-corrected chi connectivity index (χ1v) is 6.59. The molecule has 0 unspecified atom stereocenters. The molecule has 1 heterocycles. The van der Waals surface area contributed by atoms with E-state index in [1.165, 1.54) is 5.56 Å². The lowest BCUT2D eigenvalue weighted by Gasteiger charge is -2.20. The van der Waals surface area contributed by atoms with Gasteiger partial charge < -0.3 is 5.32 Å². The van der Waals surface area contributed by atoms with Crippen LogP contribution in [0.1, 0.15) is 32.8 Å². The third-order valence-electron chi connectivity index (χ3n) is 2.93. The maximum absolute atomic E-state index is 11.8. The van der Waals surface area contributed by atoms with Gasteiger partial charge in [-0.25, -0.2) is 0 Å². The first kappa shape index (κ1) is 13.6. The Morgan fingerprint density at radius 1 is 1.37 bits per heavy atom. The van der Waals surface area contributed by atoms with E-state index in [0.29, 0.717) is 13.0 Å². The minimum absolute atomic E-state index is 0.0599. The van der Waals surface area contributed by atoms with Gasteiger partial charge in [-0.05, 0) is 33.3 Å². The maximum atomic E-state index is 11.8. The summed E-state index contributed by atoms with van der Waals surface area (Å²) in [6.45, 7) is 8.63. The number of aromatic nitrogens is 2. The van der Waals surface area contributed by atoms with Crippen LogP contribution in [0.25, 0.3) is 10.9 Å². The van der Waals surface area contributed by atoms with Crippen molar-refractivity contribution in [3.8, 4) is 0 Å². The highest BCUT2D eigenvalue weighted by Gasteiger charge is 2.14. The van der Waals surface area contributed by atoms with Crippen LogP contribution in [-0.4, -0.2) is 21.2 Å². The number of rotatable bonds is 3. The number of carbonyl (C=O) groups is 1. The molecule has 0 aliphatic heterocycles. The van der Waals surface area contributed by atoms with Gasteiger partial charge >= 0.3 is 0 Å².